The van der Waals surface area contributed by atoms with Crippen molar-refractivity contribution in [2.75, 3.05) is 50.9 Å². The molecular formula is C26H31Cl2N3O7. The molecule has 38 heavy (non-hydrogen) atoms. The zero-order valence-electron chi connectivity index (χ0n) is 20.7. The van der Waals surface area contributed by atoms with Crippen molar-refractivity contribution in [1.82, 2.24) is 10.2 Å². The molecule has 2 aliphatic rings. The molecule has 0 aromatic heterocycles. The van der Waals surface area contributed by atoms with E-state index in [1.165, 1.54) is 6.07 Å². The molecule has 2 fully saturated rings. The summed E-state index contributed by atoms with van der Waals surface area (Å²) < 4.78 is 11.0. The van der Waals surface area contributed by atoms with Crippen LogP contribution in [0.4, 0.5) is 5.69 Å². The molecule has 0 unspecified atom stereocenters. The number of anilines is 1. The average molecular weight is 568 g/mol. The number of piperidine rings is 1. The SMILES string of the molecule is O=C(O)COc1cc(Cl)c(OCCO)cc1N1C[C@@H](O)[C@H](NC2CCN(C(=O)c3ccc(Cl)cc3)CC2)C1. The molecule has 2 aliphatic heterocycles. The lowest BCUT2D eigenvalue weighted by Gasteiger charge is -2.34. The molecule has 0 bridgehead atoms. The van der Waals surface area contributed by atoms with E-state index in [0.29, 0.717) is 41.7 Å². The van der Waals surface area contributed by atoms with Gasteiger partial charge in [0.1, 0.15) is 18.1 Å². The largest absolute Gasteiger partial charge is 0.490 e. The summed E-state index contributed by atoms with van der Waals surface area (Å²) in [6, 6.07) is 9.85. The first kappa shape index (κ1) is 28.3. The van der Waals surface area contributed by atoms with Crippen molar-refractivity contribution >= 4 is 40.8 Å². The van der Waals surface area contributed by atoms with Gasteiger partial charge in [-0.15, -0.1) is 0 Å². The Morgan fingerprint density at radius 3 is 2.39 bits per heavy atom. The van der Waals surface area contributed by atoms with Crippen molar-refractivity contribution in [2.24, 2.45) is 0 Å². The van der Waals surface area contributed by atoms with Gasteiger partial charge in [0, 0.05) is 54.9 Å². The van der Waals surface area contributed by atoms with E-state index in [-0.39, 0.29) is 48.5 Å². The average Bonchev–Trinajstić information content (AvgIpc) is 3.26. The third-order valence-corrected chi connectivity index (χ3v) is 7.21. The zero-order valence-corrected chi connectivity index (χ0v) is 22.2. The number of ether oxygens (including phenoxy) is 2. The van der Waals surface area contributed by atoms with Crippen LogP contribution < -0.4 is 19.7 Å². The summed E-state index contributed by atoms with van der Waals surface area (Å²) in [7, 11) is 0. The van der Waals surface area contributed by atoms with Crippen LogP contribution in [0, 0.1) is 0 Å². The fourth-order valence-corrected chi connectivity index (χ4v) is 5.10. The Labute approximate surface area is 230 Å². The predicted octanol–water partition coefficient (Wildman–Crippen LogP) is 2.27. The van der Waals surface area contributed by atoms with Crippen molar-refractivity contribution in [3.8, 4) is 11.5 Å². The number of amides is 1. The number of carboxylic acids is 1. The number of hydrogen-bond donors (Lipinski definition) is 4. The van der Waals surface area contributed by atoms with Gasteiger partial charge in [-0.2, -0.15) is 0 Å². The minimum absolute atomic E-state index is 0.0250. The number of β-amino-alcohol motifs (C(OH)–C–C–N with tert-alkyl or cyclic N) is 1. The number of halogens is 2. The molecule has 206 valence electrons. The highest BCUT2D eigenvalue weighted by molar-refractivity contribution is 6.32. The van der Waals surface area contributed by atoms with Crippen molar-refractivity contribution in [3.63, 3.8) is 0 Å². The smallest absolute Gasteiger partial charge is 0.341 e. The second-order valence-corrected chi connectivity index (χ2v) is 10.2. The van der Waals surface area contributed by atoms with Crippen LogP contribution in [-0.2, 0) is 4.79 Å². The van der Waals surface area contributed by atoms with Crippen LogP contribution in [0.1, 0.15) is 23.2 Å². The van der Waals surface area contributed by atoms with E-state index in [2.05, 4.69) is 5.32 Å². The number of aliphatic hydroxyl groups excluding tert-OH is 2. The first-order valence-electron chi connectivity index (χ1n) is 12.4. The van der Waals surface area contributed by atoms with Gasteiger partial charge in [0.15, 0.2) is 6.61 Å². The van der Waals surface area contributed by atoms with E-state index in [9.17, 15) is 14.7 Å². The molecule has 0 saturated carbocycles. The van der Waals surface area contributed by atoms with Crippen molar-refractivity contribution < 1.29 is 34.4 Å². The molecule has 2 heterocycles. The molecule has 0 spiro atoms. The highest BCUT2D eigenvalue weighted by Crippen LogP contribution is 2.40. The second kappa shape index (κ2) is 12.9. The Morgan fingerprint density at radius 2 is 1.74 bits per heavy atom. The second-order valence-electron chi connectivity index (χ2n) is 9.32. The van der Waals surface area contributed by atoms with Crippen LogP contribution in [0.3, 0.4) is 0 Å². The summed E-state index contributed by atoms with van der Waals surface area (Å²) in [5.74, 6) is -0.574. The van der Waals surface area contributed by atoms with Gasteiger partial charge in [0.25, 0.3) is 5.91 Å². The first-order valence-corrected chi connectivity index (χ1v) is 13.2. The third kappa shape index (κ3) is 7.00. The normalized spacial score (nSPS) is 20.0. The topological polar surface area (TPSA) is 132 Å². The van der Waals surface area contributed by atoms with E-state index in [1.54, 1.807) is 30.3 Å². The number of hydrogen-bond acceptors (Lipinski definition) is 8. The van der Waals surface area contributed by atoms with Crippen LogP contribution >= 0.6 is 23.2 Å². The van der Waals surface area contributed by atoms with Crippen LogP contribution in [0.2, 0.25) is 10.0 Å². The van der Waals surface area contributed by atoms with E-state index in [0.717, 1.165) is 12.8 Å². The number of nitrogens with zero attached hydrogens (tertiary/aromatic N) is 2. The van der Waals surface area contributed by atoms with E-state index in [4.69, 9.17) is 42.9 Å². The monoisotopic (exact) mass is 567 g/mol. The minimum atomic E-state index is -1.13. The number of aliphatic hydroxyl groups is 2. The number of rotatable bonds is 10. The number of aliphatic carboxylic acids is 1. The van der Waals surface area contributed by atoms with Crippen molar-refractivity contribution in [2.45, 2.75) is 31.0 Å². The summed E-state index contributed by atoms with van der Waals surface area (Å²) in [4.78, 5) is 27.6. The number of nitrogens with one attached hydrogen (secondary N) is 1. The molecule has 0 radical (unpaired) electrons. The summed E-state index contributed by atoms with van der Waals surface area (Å²) in [5, 5.41) is 33.3. The van der Waals surface area contributed by atoms with Gasteiger partial charge in [-0.1, -0.05) is 23.2 Å². The molecule has 10 nitrogen and oxygen atoms in total. The Kier molecular flexibility index (Phi) is 9.56. The third-order valence-electron chi connectivity index (χ3n) is 6.67. The lowest BCUT2D eigenvalue weighted by Crippen LogP contribution is -2.50. The summed E-state index contributed by atoms with van der Waals surface area (Å²) >= 11 is 12.2. The maximum Gasteiger partial charge on any atom is 0.341 e. The van der Waals surface area contributed by atoms with Gasteiger partial charge in [0.05, 0.1) is 29.5 Å². The Bertz CT molecular complexity index is 1130. The maximum atomic E-state index is 12.8. The zero-order chi connectivity index (χ0) is 27.2. The highest BCUT2D eigenvalue weighted by Gasteiger charge is 2.35. The number of carbonyl (C=O) groups excluding carboxylic acids is 1. The van der Waals surface area contributed by atoms with E-state index in [1.807, 2.05) is 9.80 Å². The predicted molar refractivity (Wildman–Crippen MR) is 143 cm³/mol. The van der Waals surface area contributed by atoms with Crippen LogP contribution in [0.25, 0.3) is 0 Å². The van der Waals surface area contributed by atoms with Crippen LogP contribution in [0.5, 0.6) is 11.5 Å². The molecular weight excluding hydrogens is 537 g/mol. The van der Waals surface area contributed by atoms with Gasteiger partial charge in [0.2, 0.25) is 0 Å². The summed E-state index contributed by atoms with van der Waals surface area (Å²) in [6.45, 7) is 1.22. The fraction of sp³-hybridized carbons (Fsp3) is 0.462. The highest BCUT2D eigenvalue weighted by atomic mass is 35.5. The minimum Gasteiger partial charge on any atom is -0.490 e. The number of benzene rings is 2. The number of carbonyl (C=O) groups is 2. The van der Waals surface area contributed by atoms with E-state index < -0.39 is 18.7 Å². The van der Waals surface area contributed by atoms with E-state index >= 15 is 0 Å². The number of carboxylic acid groups (broad SMARTS) is 1. The number of likely N-dealkylation sites (tertiary alicyclic amines) is 1. The Hall–Kier alpha value is -2.76. The van der Waals surface area contributed by atoms with Gasteiger partial charge in [-0.25, -0.2) is 4.79 Å². The van der Waals surface area contributed by atoms with Gasteiger partial charge in [-0.05, 0) is 37.1 Å². The molecule has 2 saturated heterocycles. The van der Waals surface area contributed by atoms with Gasteiger partial charge in [-0.3, -0.25) is 4.79 Å². The Morgan fingerprint density at radius 1 is 1.03 bits per heavy atom. The lowest BCUT2D eigenvalue weighted by molar-refractivity contribution is -0.139. The van der Waals surface area contributed by atoms with Crippen molar-refractivity contribution in [3.05, 3.63) is 52.0 Å². The van der Waals surface area contributed by atoms with Crippen molar-refractivity contribution in [1.29, 1.82) is 0 Å². The first-order chi connectivity index (χ1) is 18.2. The molecule has 2 atom stereocenters. The van der Waals surface area contributed by atoms with Gasteiger partial charge >= 0.3 is 5.97 Å². The molecule has 4 N–H and O–H groups in total. The molecule has 4 rings (SSSR count). The van der Waals surface area contributed by atoms with Crippen LogP contribution in [0.15, 0.2) is 36.4 Å². The quantitative estimate of drug-likeness (QED) is 0.341. The maximum absolute atomic E-state index is 12.8. The standard InChI is InChI=1S/C26H31Cl2N3O7/c27-17-3-1-16(2-4-17)26(36)30-7-5-18(6-8-30)29-20-13-31(14-22(20)33)21-12-23(37-10-9-32)19(28)11-24(21)38-15-25(34)35/h1-4,11-12,18,20,22,29,32-33H,5-10,13-15H2,(H,34,35)/t20-,22-/m1/s1. The molecule has 2 aromatic carbocycles. The Balaban J connectivity index is 1.38. The molecule has 1 amide bonds. The summed E-state index contributed by atoms with van der Waals surface area (Å²) in [5.41, 5.74) is 1.14. The molecule has 2 aromatic rings. The summed E-state index contributed by atoms with van der Waals surface area (Å²) in [6.07, 6.45) is 0.805. The van der Waals surface area contributed by atoms with Gasteiger partial charge < -0.3 is 39.9 Å². The lowest BCUT2D eigenvalue weighted by atomic mass is 10.0. The molecule has 0 aliphatic carbocycles. The van der Waals surface area contributed by atoms with Crippen LogP contribution in [-0.4, -0.2) is 96.3 Å². The fourth-order valence-electron chi connectivity index (χ4n) is 4.77. The molecule has 12 heteroatoms.